The first-order valence-electron chi connectivity index (χ1n) is 11.7. The number of benzene rings is 1. The van der Waals surface area contributed by atoms with Gasteiger partial charge in [-0.2, -0.15) is 4.98 Å². The van der Waals surface area contributed by atoms with Gasteiger partial charge in [0, 0.05) is 36.6 Å². The summed E-state index contributed by atoms with van der Waals surface area (Å²) in [5.41, 5.74) is 1.32. The van der Waals surface area contributed by atoms with Crippen molar-refractivity contribution in [1.82, 2.24) is 25.3 Å². The molecule has 3 aromatic rings. The third-order valence-corrected chi connectivity index (χ3v) is 6.55. The Morgan fingerprint density at radius 1 is 1.06 bits per heavy atom. The third kappa shape index (κ3) is 4.21. The van der Waals surface area contributed by atoms with Gasteiger partial charge in [-0.15, -0.1) is 0 Å². The Labute approximate surface area is 197 Å². The normalized spacial score (nSPS) is 22.3. The van der Waals surface area contributed by atoms with E-state index in [1.165, 1.54) is 12.8 Å². The predicted molar refractivity (Wildman–Crippen MR) is 124 cm³/mol. The molecule has 9 nitrogen and oxygen atoms in total. The maximum absolute atomic E-state index is 12.8. The van der Waals surface area contributed by atoms with E-state index in [9.17, 15) is 4.79 Å². The molecule has 1 saturated heterocycles. The summed E-state index contributed by atoms with van der Waals surface area (Å²) < 4.78 is 11.8. The van der Waals surface area contributed by atoms with Gasteiger partial charge in [0.1, 0.15) is 11.5 Å². The quantitative estimate of drug-likeness (QED) is 0.602. The third-order valence-electron chi connectivity index (χ3n) is 6.55. The molecule has 9 heteroatoms. The zero-order chi connectivity index (χ0) is 22.9. The lowest BCUT2D eigenvalue weighted by molar-refractivity contribution is 0.0920. The van der Waals surface area contributed by atoms with Crippen molar-refractivity contribution in [2.24, 2.45) is 0 Å². The van der Waals surface area contributed by atoms with Crippen molar-refractivity contribution < 1.29 is 14.1 Å². The van der Waals surface area contributed by atoms with E-state index in [0.29, 0.717) is 48.8 Å². The summed E-state index contributed by atoms with van der Waals surface area (Å²) in [6.45, 7) is 1.22. The van der Waals surface area contributed by atoms with Crippen LogP contribution in [0.15, 0.2) is 71.2 Å². The minimum absolute atomic E-state index is 0.00612. The molecule has 3 aliphatic rings. The van der Waals surface area contributed by atoms with Crippen LogP contribution in [-0.4, -0.2) is 57.3 Å². The van der Waals surface area contributed by atoms with Gasteiger partial charge < -0.3 is 24.4 Å². The van der Waals surface area contributed by atoms with Crippen LogP contribution in [0.25, 0.3) is 11.5 Å². The molecule has 0 spiro atoms. The number of pyridine rings is 1. The zero-order valence-electron chi connectivity index (χ0n) is 18.7. The standard InChI is InChI=1S/C25H26N6O3/c32-24(17-6-2-1-3-7-17)27-18-11-13-31(21(14-18)22-15-30(16-33-22)19-9-10-19)25-28-23(29-34-25)20-8-4-5-12-26-20/h1-8,12,15,18-19,21H,9-11,13-14,16H2,(H,27,32). The average molecular weight is 459 g/mol. The van der Waals surface area contributed by atoms with Gasteiger partial charge in [0.25, 0.3) is 5.91 Å². The van der Waals surface area contributed by atoms with Crippen molar-refractivity contribution in [3.8, 4) is 11.5 Å². The number of anilines is 1. The molecule has 2 unspecified atom stereocenters. The van der Waals surface area contributed by atoms with Crippen LogP contribution in [0, 0.1) is 0 Å². The molecule has 2 aliphatic heterocycles. The Morgan fingerprint density at radius 3 is 2.71 bits per heavy atom. The molecular formula is C25H26N6O3. The Bertz CT molecular complexity index is 1180. The van der Waals surface area contributed by atoms with Gasteiger partial charge >= 0.3 is 6.01 Å². The number of hydrogen-bond donors (Lipinski definition) is 1. The molecule has 1 N–H and O–H groups in total. The van der Waals surface area contributed by atoms with E-state index in [0.717, 1.165) is 12.2 Å². The van der Waals surface area contributed by atoms with Gasteiger partial charge in [0.2, 0.25) is 5.82 Å². The van der Waals surface area contributed by atoms with Crippen molar-refractivity contribution in [2.75, 3.05) is 18.2 Å². The van der Waals surface area contributed by atoms with E-state index >= 15 is 0 Å². The van der Waals surface area contributed by atoms with Crippen LogP contribution in [0.5, 0.6) is 0 Å². The molecule has 1 amide bonds. The van der Waals surface area contributed by atoms with Crippen molar-refractivity contribution in [3.63, 3.8) is 0 Å². The number of carbonyl (C=O) groups is 1. The number of nitrogens with one attached hydrogen (secondary N) is 1. The molecule has 0 bridgehead atoms. The van der Waals surface area contributed by atoms with Gasteiger partial charge in [0.15, 0.2) is 6.73 Å². The Balaban J connectivity index is 1.24. The summed E-state index contributed by atoms with van der Waals surface area (Å²) in [5.74, 6) is 1.27. The molecule has 1 aliphatic carbocycles. The predicted octanol–water partition coefficient (Wildman–Crippen LogP) is 3.19. The first-order valence-corrected chi connectivity index (χ1v) is 11.7. The topological polar surface area (TPSA) is 96.6 Å². The number of carbonyl (C=O) groups excluding carboxylic acids is 1. The van der Waals surface area contributed by atoms with Gasteiger partial charge in [0.05, 0.1) is 6.04 Å². The maximum Gasteiger partial charge on any atom is 0.325 e. The van der Waals surface area contributed by atoms with E-state index in [2.05, 4.69) is 36.4 Å². The number of amides is 1. The van der Waals surface area contributed by atoms with Crippen LogP contribution >= 0.6 is 0 Å². The highest BCUT2D eigenvalue weighted by Crippen LogP contribution is 2.35. The lowest BCUT2D eigenvalue weighted by Crippen LogP contribution is -2.51. The van der Waals surface area contributed by atoms with Crippen LogP contribution < -0.4 is 10.2 Å². The summed E-state index contributed by atoms with van der Waals surface area (Å²) in [5, 5.41) is 7.35. The second kappa shape index (κ2) is 8.81. The summed E-state index contributed by atoms with van der Waals surface area (Å²) in [6.07, 6.45) is 7.68. The van der Waals surface area contributed by atoms with Crippen molar-refractivity contribution >= 4 is 11.9 Å². The molecule has 6 rings (SSSR count). The molecule has 2 fully saturated rings. The van der Waals surface area contributed by atoms with Crippen LogP contribution in [0.2, 0.25) is 0 Å². The van der Waals surface area contributed by atoms with Crippen LogP contribution in [0.1, 0.15) is 36.0 Å². The van der Waals surface area contributed by atoms with Crippen LogP contribution in [0.4, 0.5) is 6.01 Å². The highest BCUT2D eigenvalue weighted by Gasteiger charge is 2.39. The lowest BCUT2D eigenvalue weighted by atomic mass is 9.95. The number of nitrogens with zero attached hydrogens (tertiary/aromatic N) is 5. The zero-order valence-corrected chi connectivity index (χ0v) is 18.7. The molecule has 4 heterocycles. The van der Waals surface area contributed by atoms with Gasteiger partial charge in [-0.1, -0.05) is 29.4 Å². The minimum atomic E-state index is -0.115. The number of rotatable bonds is 6. The smallest absolute Gasteiger partial charge is 0.325 e. The average Bonchev–Trinajstić information content (AvgIpc) is 3.41. The number of aromatic nitrogens is 3. The molecule has 0 radical (unpaired) electrons. The van der Waals surface area contributed by atoms with E-state index in [1.807, 2.05) is 48.5 Å². The molecular weight excluding hydrogens is 432 g/mol. The van der Waals surface area contributed by atoms with Gasteiger partial charge in [-0.05, 0) is 49.9 Å². The summed E-state index contributed by atoms with van der Waals surface area (Å²) in [7, 11) is 0. The first-order chi connectivity index (χ1) is 16.7. The number of ether oxygens (including phenoxy) is 1. The fourth-order valence-electron chi connectivity index (χ4n) is 4.57. The first kappa shape index (κ1) is 20.7. The number of piperidine rings is 1. The summed E-state index contributed by atoms with van der Waals surface area (Å²) >= 11 is 0. The lowest BCUT2D eigenvalue weighted by Gasteiger charge is -2.38. The molecule has 2 atom stereocenters. The number of hydrogen-bond acceptors (Lipinski definition) is 8. The van der Waals surface area contributed by atoms with Crippen LogP contribution in [-0.2, 0) is 4.74 Å². The summed E-state index contributed by atoms with van der Waals surface area (Å²) in [6, 6.07) is 15.8. The van der Waals surface area contributed by atoms with Crippen molar-refractivity contribution in [3.05, 3.63) is 72.3 Å². The minimum Gasteiger partial charge on any atom is -0.474 e. The van der Waals surface area contributed by atoms with Gasteiger partial charge in [-0.3, -0.25) is 9.78 Å². The molecule has 1 saturated carbocycles. The van der Waals surface area contributed by atoms with Gasteiger partial charge in [-0.25, -0.2) is 0 Å². The molecule has 1 aromatic carbocycles. The van der Waals surface area contributed by atoms with E-state index in [4.69, 9.17) is 9.26 Å². The highest BCUT2D eigenvalue weighted by atomic mass is 16.5. The van der Waals surface area contributed by atoms with Crippen LogP contribution in [0.3, 0.4) is 0 Å². The Morgan fingerprint density at radius 2 is 1.91 bits per heavy atom. The monoisotopic (exact) mass is 458 g/mol. The second-order valence-electron chi connectivity index (χ2n) is 8.94. The van der Waals surface area contributed by atoms with E-state index < -0.39 is 0 Å². The fourth-order valence-corrected chi connectivity index (χ4v) is 4.57. The Kier molecular flexibility index (Phi) is 5.37. The van der Waals surface area contributed by atoms with E-state index in [-0.39, 0.29) is 18.0 Å². The largest absolute Gasteiger partial charge is 0.474 e. The molecule has 174 valence electrons. The fraction of sp³-hybridized carbons (Fsp3) is 0.360. The second-order valence-corrected chi connectivity index (χ2v) is 8.94. The van der Waals surface area contributed by atoms with E-state index in [1.54, 1.807) is 6.20 Å². The maximum atomic E-state index is 12.8. The van der Waals surface area contributed by atoms with Crippen molar-refractivity contribution in [1.29, 1.82) is 0 Å². The SMILES string of the molecule is O=C(NC1CCN(c2nc(-c3ccccn3)no2)C(C2=CN(C3CC3)CO2)C1)c1ccccc1. The molecule has 34 heavy (non-hydrogen) atoms. The summed E-state index contributed by atoms with van der Waals surface area (Å²) in [4.78, 5) is 26.1. The molecule has 2 aromatic heterocycles. The Hall–Kier alpha value is -3.88. The highest BCUT2D eigenvalue weighted by molar-refractivity contribution is 5.94. The van der Waals surface area contributed by atoms with Crippen molar-refractivity contribution in [2.45, 2.75) is 43.8 Å².